The lowest BCUT2D eigenvalue weighted by atomic mass is 10.1. The van der Waals surface area contributed by atoms with E-state index in [-0.39, 0.29) is 10.6 Å². The molecule has 80 valence electrons. The van der Waals surface area contributed by atoms with Crippen molar-refractivity contribution in [3.8, 4) is 0 Å². The number of rotatable bonds is 3. The van der Waals surface area contributed by atoms with E-state index in [9.17, 15) is 10.1 Å². The standard InChI is InChI=1S/C11H12ClNO2/c1-3-11(13(14)15)7-9-4-5-10(12)6-8(9)2/h4-7H,3H2,1-2H3/b11-7-. The summed E-state index contributed by atoms with van der Waals surface area (Å²) in [7, 11) is 0. The average Bonchev–Trinajstić information content (AvgIpc) is 2.16. The molecule has 0 N–H and O–H groups in total. The predicted octanol–water partition coefficient (Wildman–Crippen LogP) is 3.68. The molecule has 0 heterocycles. The van der Waals surface area contributed by atoms with Gasteiger partial charge in [0.2, 0.25) is 5.70 Å². The lowest BCUT2D eigenvalue weighted by molar-refractivity contribution is -0.425. The number of allylic oxidation sites excluding steroid dienone is 1. The fourth-order valence-corrected chi connectivity index (χ4v) is 1.49. The molecule has 0 saturated heterocycles. The SMILES string of the molecule is CC/C(=C/c1ccc(Cl)cc1C)[N+](=O)[O-]. The second kappa shape index (κ2) is 4.94. The van der Waals surface area contributed by atoms with Gasteiger partial charge in [-0.3, -0.25) is 10.1 Å². The number of nitro groups is 1. The first-order chi connectivity index (χ1) is 7.04. The summed E-state index contributed by atoms with van der Waals surface area (Å²) in [6, 6.07) is 5.31. The van der Waals surface area contributed by atoms with Crippen LogP contribution in [-0.4, -0.2) is 4.92 Å². The van der Waals surface area contributed by atoms with Crippen LogP contribution in [0.5, 0.6) is 0 Å². The topological polar surface area (TPSA) is 43.1 Å². The van der Waals surface area contributed by atoms with Crippen LogP contribution in [0, 0.1) is 17.0 Å². The summed E-state index contributed by atoms with van der Waals surface area (Å²) in [4.78, 5) is 10.3. The van der Waals surface area contributed by atoms with Gasteiger partial charge in [-0.2, -0.15) is 0 Å². The van der Waals surface area contributed by atoms with Gasteiger partial charge in [0.25, 0.3) is 0 Å². The Morgan fingerprint density at radius 1 is 1.60 bits per heavy atom. The second-order valence-electron chi connectivity index (χ2n) is 3.25. The molecule has 0 saturated carbocycles. The van der Waals surface area contributed by atoms with Crippen molar-refractivity contribution in [1.82, 2.24) is 0 Å². The van der Waals surface area contributed by atoms with Crippen molar-refractivity contribution in [3.63, 3.8) is 0 Å². The van der Waals surface area contributed by atoms with Crippen LogP contribution in [0.1, 0.15) is 24.5 Å². The maximum Gasteiger partial charge on any atom is 0.246 e. The molecule has 1 aromatic rings. The van der Waals surface area contributed by atoms with Crippen molar-refractivity contribution in [2.24, 2.45) is 0 Å². The number of aryl methyl sites for hydroxylation is 1. The van der Waals surface area contributed by atoms with Crippen molar-refractivity contribution < 1.29 is 4.92 Å². The highest BCUT2D eigenvalue weighted by atomic mass is 35.5. The molecule has 1 aromatic carbocycles. The van der Waals surface area contributed by atoms with Crippen LogP contribution in [0.4, 0.5) is 0 Å². The smallest absolute Gasteiger partial charge is 0.246 e. The average molecular weight is 226 g/mol. The largest absolute Gasteiger partial charge is 0.259 e. The minimum atomic E-state index is -0.353. The summed E-state index contributed by atoms with van der Waals surface area (Å²) in [5.74, 6) is 0. The molecule has 0 aliphatic heterocycles. The Balaban J connectivity index is 3.12. The molecule has 15 heavy (non-hydrogen) atoms. The summed E-state index contributed by atoms with van der Waals surface area (Å²) in [6.45, 7) is 3.64. The van der Waals surface area contributed by atoms with E-state index in [1.807, 2.05) is 6.92 Å². The summed E-state index contributed by atoms with van der Waals surface area (Å²) in [6.07, 6.45) is 2.00. The zero-order valence-corrected chi connectivity index (χ0v) is 9.41. The normalized spacial score (nSPS) is 11.5. The lowest BCUT2D eigenvalue weighted by Crippen LogP contribution is -1.97. The van der Waals surface area contributed by atoms with Gasteiger partial charge in [0.1, 0.15) is 0 Å². The number of hydrogen-bond donors (Lipinski definition) is 0. The Kier molecular flexibility index (Phi) is 3.86. The minimum absolute atomic E-state index is 0.209. The molecule has 0 unspecified atom stereocenters. The molecule has 0 aliphatic rings. The fourth-order valence-electron chi connectivity index (χ4n) is 1.26. The van der Waals surface area contributed by atoms with Gasteiger partial charge in [-0.15, -0.1) is 0 Å². The fraction of sp³-hybridized carbons (Fsp3) is 0.273. The van der Waals surface area contributed by atoms with Gasteiger partial charge in [0.15, 0.2) is 0 Å². The third kappa shape index (κ3) is 3.06. The van der Waals surface area contributed by atoms with Crippen molar-refractivity contribution in [3.05, 3.63) is 50.2 Å². The van der Waals surface area contributed by atoms with Crippen molar-refractivity contribution in [1.29, 1.82) is 0 Å². The zero-order chi connectivity index (χ0) is 11.4. The van der Waals surface area contributed by atoms with E-state index in [0.29, 0.717) is 11.4 Å². The van der Waals surface area contributed by atoms with Crippen LogP contribution in [0.25, 0.3) is 6.08 Å². The molecule has 0 bridgehead atoms. The van der Waals surface area contributed by atoms with E-state index in [2.05, 4.69) is 0 Å². The highest BCUT2D eigenvalue weighted by Crippen LogP contribution is 2.18. The molecule has 0 aliphatic carbocycles. The van der Waals surface area contributed by atoms with E-state index < -0.39 is 0 Å². The van der Waals surface area contributed by atoms with E-state index in [1.165, 1.54) is 0 Å². The number of halogens is 1. The Morgan fingerprint density at radius 3 is 2.73 bits per heavy atom. The molecule has 0 spiro atoms. The van der Waals surface area contributed by atoms with Crippen LogP contribution in [0.3, 0.4) is 0 Å². The number of hydrogen-bond acceptors (Lipinski definition) is 2. The third-order valence-corrected chi connectivity index (χ3v) is 2.39. The molecular formula is C11H12ClNO2. The molecule has 4 heteroatoms. The maximum atomic E-state index is 10.6. The number of benzene rings is 1. The van der Waals surface area contributed by atoms with Crippen molar-refractivity contribution in [2.45, 2.75) is 20.3 Å². The van der Waals surface area contributed by atoms with Crippen LogP contribution < -0.4 is 0 Å². The maximum absolute atomic E-state index is 10.6. The van der Waals surface area contributed by atoms with Gasteiger partial charge in [0.05, 0.1) is 4.92 Å². The second-order valence-corrected chi connectivity index (χ2v) is 3.68. The monoisotopic (exact) mass is 225 g/mol. The zero-order valence-electron chi connectivity index (χ0n) is 8.66. The molecule has 0 fully saturated rings. The van der Waals surface area contributed by atoms with Gasteiger partial charge in [-0.1, -0.05) is 24.6 Å². The Morgan fingerprint density at radius 2 is 2.27 bits per heavy atom. The highest BCUT2D eigenvalue weighted by molar-refractivity contribution is 6.30. The molecule has 0 amide bonds. The molecule has 0 radical (unpaired) electrons. The number of nitrogens with zero attached hydrogens (tertiary/aromatic N) is 1. The lowest BCUT2D eigenvalue weighted by Gasteiger charge is -2.01. The van der Waals surface area contributed by atoms with Crippen molar-refractivity contribution in [2.75, 3.05) is 0 Å². The van der Waals surface area contributed by atoms with E-state index in [0.717, 1.165) is 11.1 Å². The van der Waals surface area contributed by atoms with Crippen LogP contribution in [0.15, 0.2) is 23.9 Å². The summed E-state index contributed by atoms with van der Waals surface area (Å²) in [5, 5.41) is 11.3. The molecular weight excluding hydrogens is 214 g/mol. The van der Waals surface area contributed by atoms with Gasteiger partial charge >= 0.3 is 0 Å². The van der Waals surface area contributed by atoms with Crippen LogP contribution in [0.2, 0.25) is 5.02 Å². The minimum Gasteiger partial charge on any atom is -0.259 e. The van der Waals surface area contributed by atoms with Gasteiger partial charge in [-0.25, -0.2) is 0 Å². The van der Waals surface area contributed by atoms with E-state index in [1.54, 1.807) is 31.2 Å². The third-order valence-electron chi connectivity index (χ3n) is 2.15. The van der Waals surface area contributed by atoms with Gasteiger partial charge in [-0.05, 0) is 30.2 Å². The highest BCUT2D eigenvalue weighted by Gasteiger charge is 2.08. The molecule has 1 rings (SSSR count). The summed E-state index contributed by atoms with van der Waals surface area (Å²) in [5.41, 5.74) is 1.99. The molecule has 0 aromatic heterocycles. The first kappa shape index (κ1) is 11.7. The van der Waals surface area contributed by atoms with E-state index >= 15 is 0 Å². The summed E-state index contributed by atoms with van der Waals surface area (Å²) < 4.78 is 0. The quantitative estimate of drug-likeness (QED) is 0.582. The first-order valence-electron chi connectivity index (χ1n) is 4.65. The van der Waals surface area contributed by atoms with Crippen LogP contribution in [-0.2, 0) is 0 Å². The first-order valence-corrected chi connectivity index (χ1v) is 5.03. The molecule has 0 atom stereocenters. The van der Waals surface area contributed by atoms with Crippen LogP contribution >= 0.6 is 11.6 Å². The Bertz CT molecular complexity index is 413. The van der Waals surface area contributed by atoms with Gasteiger partial charge < -0.3 is 0 Å². The molecule has 3 nitrogen and oxygen atoms in total. The Labute approximate surface area is 93.5 Å². The Hall–Kier alpha value is -1.35. The van der Waals surface area contributed by atoms with E-state index in [4.69, 9.17) is 11.6 Å². The predicted molar refractivity (Wildman–Crippen MR) is 61.5 cm³/mol. The summed E-state index contributed by atoms with van der Waals surface area (Å²) >= 11 is 5.80. The van der Waals surface area contributed by atoms with Gasteiger partial charge in [0, 0.05) is 17.5 Å². The van der Waals surface area contributed by atoms with Crippen molar-refractivity contribution >= 4 is 17.7 Å².